The Labute approximate surface area is 198 Å². The van der Waals surface area contributed by atoms with E-state index in [1.165, 1.54) is 17.9 Å². The second kappa shape index (κ2) is 8.71. The van der Waals surface area contributed by atoms with E-state index < -0.39 is 24.1 Å². The zero-order valence-corrected chi connectivity index (χ0v) is 18.7. The molecule has 0 bridgehead atoms. The van der Waals surface area contributed by atoms with E-state index in [0.717, 1.165) is 35.4 Å². The van der Waals surface area contributed by atoms with Crippen molar-refractivity contribution in [1.82, 2.24) is 15.5 Å². The van der Waals surface area contributed by atoms with Gasteiger partial charge in [-0.1, -0.05) is 5.16 Å². The van der Waals surface area contributed by atoms with E-state index in [1.54, 1.807) is 6.07 Å². The van der Waals surface area contributed by atoms with Gasteiger partial charge >= 0.3 is 12.3 Å². The van der Waals surface area contributed by atoms with Crippen molar-refractivity contribution in [1.29, 1.82) is 0 Å². The van der Waals surface area contributed by atoms with Gasteiger partial charge < -0.3 is 14.6 Å². The molecule has 1 saturated heterocycles. The highest BCUT2D eigenvalue weighted by atomic mass is 19.4. The van der Waals surface area contributed by atoms with Crippen LogP contribution in [0.25, 0.3) is 22.6 Å². The first-order valence-electron chi connectivity index (χ1n) is 11.1. The Kier molecular flexibility index (Phi) is 5.70. The zero-order chi connectivity index (χ0) is 24.7. The van der Waals surface area contributed by atoms with E-state index >= 15 is 0 Å². The number of hydrogen-bond donors (Lipinski definition) is 1. The summed E-state index contributed by atoms with van der Waals surface area (Å²) in [5.41, 5.74) is 2.80. The second-order valence-corrected chi connectivity index (χ2v) is 8.51. The number of ether oxygens (including phenoxy) is 1. The standard InChI is InChI=1S/C24H21F3N4O4/c1-13(32)29-11-17-12-31(23(33)34-17)16-5-6-18-14(9-16)3-2-4-19-21(30-35-22(18)19)15-7-8-28-20(10-15)24(25,26)27/h5-10,17H,2-4,11-12H2,1H3,(H,29,32)/t17-/m0/s1. The largest absolute Gasteiger partial charge is 0.442 e. The van der Waals surface area contributed by atoms with Gasteiger partial charge in [-0.15, -0.1) is 0 Å². The van der Waals surface area contributed by atoms with Crippen LogP contribution in [0.4, 0.5) is 23.7 Å². The lowest BCUT2D eigenvalue weighted by atomic mass is 10.00. The van der Waals surface area contributed by atoms with Gasteiger partial charge in [0, 0.05) is 35.5 Å². The lowest BCUT2D eigenvalue weighted by molar-refractivity contribution is -0.141. The number of amides is 2. The SMILES string of the molecule is CC(=O)NC[C@H]1CN(c2ccc3c(c2)CCCc2c(-c4ccnc(C(F)(F)F)c4)noc2-3)C(=O)O1. The van der Waals surface area contributed by atoms with E-state index in [-0.39, 0.29) is 12.5 Å². The summed E-state index contributed by atoms with van der Waals surface area (Å²) in [6, 6.07) is 7.95. The molecule has 1 N–H and O–H groups in total. The molecule has 1 aromatic carbocycles. The summed E-state index contributed by atoms with van der Waals surface area (Å²) >= 11 is 0. The molecule has 1 atom stereocenters. The number of nitrogens with one attached hydrogen (secondary N) is 1. The highest BCUT2D eigenvalue weighted by Crippen LogP contribution is 2.40. The van der Waals surface area contributed by atoms with Crippen LogP contribution in [0.5, 0.6) is 0 Å². The van der Waals surface area contributed by atoms with Crippen molar-refractivity contribution in [2.45, 2.75) is 38.5 Å². The minimum absolute atomic E-state index is 0.201. The van der Waals surface area contributed by atoms with Crippen molar-refractivity contribution in [3.8, 4) is 22.6 Å². The maximum absolute atomic E-state index is 13.1. The third kappa shape index (κ3) is 4.45. The number of cyclic esters (lactones) is 1. The molecule has 0 radical (unpaired) electrons. The fourth-order valence-electron chi connectivity index (χ4n) is 4.44. The molecule has 3 aromatic rings. The van der Waals surface area contributed by atoms with Gasteiger partial charge in [0.2, 0.25) is 5.91 Å². The van der Waals surface area contributed by atoms with Crippen LogP contribution in [0.15, 0.2) is 41.1 Å². The van der Waals surface area contributed by atoms with Crippen molar-refractivity contribution >= 4 is 17.7 Å². The lowest BCUT2D eigenvalue weighted by Crippen LogP contribution is -2.33. The summed E-state index contributed by atoms with van der Waals surface area (Å²) in [5, 5.41) is 6.75. The van der Waals surface area contributed by atoms with Crippen LogP contribution in [-0.4, -0.2) is 41.3 Å². The predicted octanol–water partition coefficient (Wildman–Crippen LogP) is 4.37. The number of anilines is 1. The van der Waals surface area contributed by atoms with Crippen LogP contribution >= 0.6 is 0 Å². The number of fused-ring (bicyclic) bond motifs is 3. The smallest absolute Gasteiger partial charge is 0.433 e. The molecule has 182 valence electrons. The average Bonchev–Trinajstić information content (AvgIpc) is 3.35. The summed E-state index contributed by atoms with van der Waals surface area (Å²) in [6.45, 7) is 1.94. The Morgan fingerprint density at radius 1 is 1.23 bits per heavy atom. The van der Waals surface area contributed by atoms with Crippen LogP contribution in [0, 0.1) is 0 Å². The van der Waals surface area contributed by atoms with Gasteiger partial charge in [0.15, 0.2) is 5.76 Å². The van der Waals surface area contributed by atoms with E-state index in [9.17, 15) is 22.8 Å². The Hall–Kier alpha value is -3.89. The topological polar surface area (TPSA) is 97.6 Å². The predicted molar refractivity (Wildman–Crippen MR) is 118 cm³/mol. The molecule has 35 heavy (non-hydrogen) atoms. The van der Waals surface area contributed by atoms with Crippen molar-refractivity contribution in [2.24, 2.45) is 0 Å². The molecule has 1 aliphatic carbocycles. The van der Waals surface area contributed by atoms with Gasteiger partial charge in [-0.05, 0) is 55.2 Å². The number of rotatable bonds is 4. The van der Waals surface area contributed by atoms with E-state index in [1.807, 2.05) is 12.1 Å². The van der Waals surface area contributed by atoms with Crippen molar-refractivity contribution in [3.63, 3.8) is 0 Å². The number of carbonyl (C=O) groups excluding carboxylic acids is 2. The average molecular weight is 486 g/mol. The first kappa shape index (κ1) is 22.9. The normalized spacial score (nSPS) is 17.4. The second-order valence-electron chi connectivity index (χ2n) is 8.51. The summed E-state index contributed by atoms with van der Waals surface area (Å²) < 4.78 is 50.4. The quantitative estimate of drug-likeness (QED) is 0.588. The van der Waals surface area contributed by atoms with Crippen molar-refractivity contribution in [2.75, 3.05) is 18.0 Å². The van der Waals surface area contributed by atoms with E-state index in [4.69, 9.17) is 9.26 Å². The molecule has 1 fully saturated rings. The van der Waals surface area contributed by atoms with Gasteiger partial charge in [-0.25, -0.2) is 4.79 Å². The number of pyridine rings is 1. The Morgan fingerprint density at radius 2 is 2.06 bits per heavy atom. The third-order valence-corrected chi connectivity index (χ3v) is 6.08. The summed E-state index contributed by atoms with van der Waals surface area (Å²) in [5.74, 6) is 0.310. The molecule has 5 rings (SSSR count). The first-order valence-corrected chi connectivity index (χ1v) is 11.1. The first-order chi connectivity index (χ1) is 16.7. The Morgan fingerprint density at radius 3 is 2.83 bits per heavy atom. The maximum Gasteiger partial charge on any atom is 0.433 e. The lowest BCUT2D eigenvalue weighted by Gasteiger charge is -2.15. The molecule has 2 aromatic heterocycles. The monoisotopic (exact) mass is 486 g/mol. The summed E-state index contributed by atoms with van der Waals surface area (Å²) in [4.78, 5) is 28.5. The molecule has 0 saturated carbocycles. The maximum atomic E-state index is 13.1. The van der Waals surface area contributed by atoms with Gasteiger partial charge in [0.25, 0.3) is 0 Å². The van der Waals surface area contributed by atoms with Crippen LogP contribution in [-0.2, 0) is 28.5 Å². The fourth-order valence-corrected chi connectivity index (χ4v) is 4.44. The number of benzene rings is 1. The number of hydrogen-bond acceptors (Lipinski definition) is 6. The number of aromatic nitrogens is 2. The minimum atomic E-state index is -4.56. The van der Waals surface area contributed by atoms with Crippen LogP contribution < -0.4 is 10.2 Å². The molecule has 0 spiro atoms. The molecule has 2 aliphatic rings. The van der Waals surface area contributed by atoms with Gasteiger partial charge in [0.05, 0.1) is 13.1 Å². The summed E-state index contributed by atoms with van der Waals surface area (Å²) in [6.07, 6.45) is -2.39. The minimum Gasteiger partial charge on any atom is -0.442 e. The van der Waals surface area contributed by atoms with Crippen LogP contribution in [0.1, 0.15) is 30.2 Å². The van der Waals surface area contributed by atoms with Crippen LogP contribution in [0.3, 0.4) is 0 Å². The third-order valence-electron chi connectivity index (χ3n) is 6.08. The fraction of sp³-hybridized carbons (Fsp3) is 0.333. The molecule has 0 unspecified atom stereocenters. The van der Waals surface area contributed by atoms with Crippen LogP contribution in [0.2, 0.25) is 0 Å². The van der Waals surface area contributed by atoms with Crippen molar-refractivity contribution < 1.29 is 32.0 Å². The Balaban J connectivity index is 1.44. The number of alkyl halides is 3. The molecule has 2 amide bonds. The number of aryl methyl sites for hydroxylation is 1. The van der Waals surface area contributed by atoms with E-state index in [2.05, 4.69) is 15.5 Å². The summed E-state index contributed by atoms with van der Waals surface area (Å²) in [7, 11) is 0. The molecule has 11 heteroatoms. The molecular weight excluding hydrogens is 465 g/mol. The zero-order valence-electron chi connectivity index (χ0n) is 18.7. The number of carbonyl (C=O) groups is 2. The van der Waals surface area contributed by atoms with Crippen molar-refractivity contribution in [3.05, 3.63) is 53.3 Å². The van der Waals surface area contributed by atoms with Gasteiger partial charge in [0.1, 0.15) is 17.5 Å². The highest BCUT2D eigenvalue weighted by molar-refractivity contribution is 5.90. The number of nitrogens with zero attached hydrogens (tertiary/aromatic N) is 3. The van der Waals surface area contributed by atoms with E-state index in [0.29, 0.717) is 42.1 Å². The molecule has 8 nitrogen and oxygen atoms in total. The number of halogens is 3. The molecular formula is C24H21F3N4O4. The highest BCUT2D eigenvalue weighted by Gasteiger charge is 2.35. The molecule has 3 heterocycles. The van der Waals surface area contributed by atoms with Gasteiger partial charge in [-0.2, -0.15) is 13.2 Å². The molecule has 1 aliphatic heterocycles. The van der Waals surface area contributed by atoms with Gasteiger partial charge in [-0.3, -0.25) is 14.7 Å². The Bertz CT molecular complexity index is 1300.